The van der Waals surface area contributed by atoms with E-state index in [-0.39, 0.29) is 0 Å². The van der Waals surface area contributed by atoms with E-state index < -0.39 is 0 Å². The van der Waals surface area contributed by atoms with Crippen molar-refractivity contribution in [1.29, 1.82) is 0 Å². The van der Waals surface area contributed by atoms with E-state index in [1.165, 1.54) is 12.8 Å². The van der Waals surface area contributed by atoms with Gasteiger partial charge in [-0.2, -0.15) is 0 Å². The summed E-state index contributed by atoms with van der Waals surface area (Å²) >= 11 is 0. The number of rotatable bonds is 1. The van der Waals surface area contributed by atoms with Crippen molar-refractivity contribution < 1.29 is 4.79 Å². The van der Waals surface area contributed by atoms with Crippen LogP contribution >= 0.6 is 0 Å². The average Bonchev–Trinajstić information content (AvgIpc) is 2.76. The summed E-state index contributed by atoms with van der Waals surface area (Å²) in [4.78, 5) is 13.4. The number of likely N-dealkylation sites (tertiary alicyclic amines) is 1. The van der Waals surface area contributed by atoms with Crippen molar-refractivity contribution in [3.8, 4) is 0 Å². The lowest BCUT2D eigenvalue weighted by atomic mass is 10.0. The van der Waals surface area contributed by atoms with Crippen molar-refractivity contribution in [2.24, 2.45) is 11.8 Å². The molecule has 2 unspecified atom stereocenters. The molecule has 2 aliphatic rings. The monoisotopic (exact) mass is 153 g/mol. The number of nitrogens with zero attached hydrogens (tertiary/aromatic N) is 1. The van der Waals surface area contributed by atoms with E-state index >= 15 is 0 Å². The molecule has 1 aliphatic heterocycles. The van der Waals surface area contributed by atoms with Gasteiger partial charge in [0.25, 0.3) is 0 Å². The van der Waals surface area contributed by atoms with E-state index in [9.17, 15) is 4.79 Å². The summed E-state index contributed by atoms with van der Waals surface area (Å²) in [6.07, 6.45) is 3.67. The summed E-state index contributed by atoms with van der Waals surface area (Å²) in [6.45, 7) is 2.14. The maximum absolute atomic E-state index is 11.5. The number of hydrogen-bond acceptors (Lipinski definition) is 1. The predicted octanol–water partition coefficient (Wildman–Crippen LogP) is 1.26. The Labute approximate surface area is 67.6 Å². The third-order valence-electron chi connectivity index (χ3n) is 3.11. The molecule has 0 bridgehead atoms. The summed E-state index contributed by atoms with van der Waals surface area (Å²) in [7, 11) is 1.93. The highest BCUT2D eigenvalue weighted by Crippen LogP contribution is 2.43. The molecule has 2 nitrogen and oxygen atoms in total. The number of hydrogen-bond donors (Lipinski definition) is 0. The predicted molar refractivity (Wildman–Crippen MR) is 43.1 cm³/mol. The minimum absolute atomic E-state index is 0.384. The summed E-state index contributed by atoms with van der Waals surface area (Å²) in [5.41, 5.74) is 0. The lowest BCUT2D eigenvalue weighted by molar-refractivity contribution is -0.131. The lowest BCUT2D eigenvalue weighted by Crippen LogP contribution is -2.27. The maximum atomic E-state index is 11.5. The van der Waals surface area contributed by atoms with Gasteiger partial charge in [0.05, 0.1) is 0 Å². The topological polar surface area (TPSA) is 20.3 Å². The van der Waals surface area contributed by atoms with Crippen LogP contribution in [0, 0.1) is 11.8 Å². The molecule has 0 aromatic rings. The highest BCUT2D eigenvalue weighted by Gasteiger charge is 2.43. The normalized spacial score (nSPS) is 38.4. The zero-order valence-electron chi connectivity index (χ0n) is 7.21. The Balaban J connectivity index is 2.07. The first-order chi connectivity index (χ1) is 5.20. The number of carbonyl (C=O) groups is 1. The molecule has 1 saturated carbocycles. The van der Waals surface area contributed by atoms with Crippen LogP contribution in [0.25, 0.3) is 0 Å². The fraction of sp³-hybridized carbons (Fsp3) is 0.889. The van der Waals surface area contributed by atoms with Gasteiger partial charge in [-0.3, -0.25) is 4.79 Å². The lowest BCUT2D eigenvalue weighted by Gasteiger charge is -2.13. The van der Waals surface area contributed by atoms with E-state index in [1.807, 2.05) is 11.9 Å². The zero-order valence-corrected chi connectivity index (χ0v) is 7.21. The minimum Gasteiger partial charge on any atom is -0.343 e. The zero-order chi connectivity index (χ0) is 8.01. The van der Waals surface area contributed by atoms with Crippen molar-refractivity contribution in [2.75, 3.05) is 7.05 Å². The quantitative estimate of drug-likeness (QED) is 0.555. The maximum Gasteiger partial charge on any atom is 0.226 e. The molecule has 2 heteroatoms. The second-order valence-electron chi connectivity index (χ2n) is 3.98. The molecular weight excluding hydrogens is 138 g/mol. The highest BCUT2D eigenvalue weighted by molar-refractivity contribution is 5.81. The SMILES string of the molecule is CC1CC(C2CC2)C(=O)N1C. The van der Waals surface area contributed by atoms with Gasteiger partial charge >= 0.3 is 0 Å². The molecule has 2 atom stereocenters. The number of carbonyl (C=O) groups excluding carboxylic acids is 1. The Morgan fingerprint density at radius 2 is 2.09 bits per heavy atom. The van der Waals surface area contributed by atoms with Gasteiger partial charge < -0.3 is 4.90 Å². The van der Waals surface area contributed by atoms with Gasteiger partial charge in [0.2, 0.25) is 5.91 Å². The van der Waals surface area contributed by atoms with Gasteiger partial charge in [-0.1, -0.05) is 0 Å². The Morgan fingerprint density at radius 1 is 1.45 bits per heavy atom. The van der Waals surface area contributed by atoms with Gasteiger partial charge in [-0.05, 0) is 32.1 Å². The standard InChI is InChI=1S/C9H15NO/c1-6-5-8(7-3-4-7)9(11)10(6)2/h6-8H,3-5H2,1-2H3. The molecule has 0 spiro atoms. The molecule has 0 aromatic heterocycles. The van der Waals surface area contributed by atoms with Crippen molar-refractivity contribution in [1.82, 2.24) is 4.90 Å². The van der Waals surface area contributed by atoms with Crippen LogP contribution in [0.4, 0.5) is 0 Å². The van der Waals surface area contributed by atoms with Crippen LogP contribution in [0.5, 0.6) is 0 Å². The summed E-state index contributed by atoms with van der Waals surface area (Å²) in [6, 6.07) is 0.480. The first-order valence-corrected chi connectivity index (χ1v) is 4.47. The van der Waals surface area contributed by atoms with Crippen LogP contribution in [0.1, 0.15) is 26.2 Å². The van der Waals surface area contributed by atoms with Crippen molar-refractivity contribution in [3.05, 3.63) is 0 Å². The number of amides is 1. The summed E-state index contributed by atoms with van der Waals surface area (Å²) in [5, 5.41) is 0. The Kier molecular flexibility index (Phi) is 1.44. The van der Waals surface area contributed by atoms with Gasteiger partial charge in [-0.25, -0.2) is 0 Å². The van der Waals surface area contributed by atoms with Crippen LogP contribution in [-0.2, 0) is 4.79 Å². The van der Waals surface area contributed by atoms with E-state index in [2.05, 4.69) is 6.92 Å². The van der Waals surface area contributed by atoms with Crippen molar-refractivity contribution in [3.63, 3.8) is 0 Å². The van der Waals surface area contributed by atoms with Crippen LogP contribution in [0.2, 0.25) is 0 Å². The smallest absolute Gasteiger partial charge is 0.226 e. The molecule has 11 heavy (non-hydrogen) atoms. The molecule has 1 amide bonds. The van der Waals surface area contributed by atoms with Crippen LogP contribution in [0.15, 0.2) is 0 Å². The van der Waals surface area contributed by atoms with Crippen molar-refractivity contribution in [2.45, 2.75) is 32.2 Å². The molecule has 0 N–H and O–H groups in total. The third-order valence-corrected chi connectivity index (χ3v) is 3.11. The van der Waals surface area contributed by atoms with E-state index in [0.717, 1.165) is 12.3 Å². The van der Waals surface area contributed by atoms with Crippen molar-refractivity contribution >= 4 is 5.91 Å². The first kappa shape index (κ1) is 7.14. The molecule has 62 valence electrons. The van der Waals surface area contributed by atoms with E-state index in [0.29, 0.717) is 17.9 Å². The molecule has 1 aliphatic carbocycles. The third kappa shape index (κ3) is 1.05. The second kappa shape index (κ2) is 2.23. The molecule has 2 rings (SSSR count). The summed E-state index contributed by atoms with van der Waals surface area (Å²) in [5.74, 6) is 1.52. The first-order valence-electron chi connectivity index (χ1n) is 4.47. The fourth-order valence-corrected chi connectivity index (χ4v) is 2.00. The highest BCUT2D eigenvalue weighted by atomic mass is 16.2. The molecule has 1 saturated heterocycles. The molecule has 1 heterocycles. The fourth-order valence-electron chi connectivity index (χ4n) is 2.00. The van der Waals surface area contributed by atoms with Gasteiger partial charge in [0, 0.05) is 19.0 Å². The van der Waals surface area contributed by atoms with Gasteiger partial charge in [0.15, 0.2) is 0 Å². The van der Waals surface area contributed by atoms with Gasteiger partial charge in [-0.15, -0.1) is 0 Å². The second-order valence-corrected chi connectivity index (χ2v) is 3.98. The van der Waals surface area contributed by atoms with Gasteiger partial charge in [0.1, 0.15) is 0 Å². The minimum atomic E-state index is 0.384. The average molecular weight is 153 g/mol. The van der Waals surface area contributed by atoms with Crippen LogP contribution in [-0.4, -0.2) is 23.9 Å². The Hall–Kier alpha value is -0.530. The summed E-state index contributed by atoms with van der Waals surface area (Å²) < 4.78 is 0. The molecule has 2 fully saturated rings. The molecule has 0 radical (unpaired) electrons. The Bertz CT molecular complexity index is 186. The van der Waals surface area contributed by atoms with E-state index in [4.69, 9.17) is 0 Å². The molecular formula is C9H15NO. The largest absolute Gasteiger partial charge is 0.343 e. The van der Waals surface area contributed by atoms with Crippen LogP contribution < -0.4 is 0 Å². The molecule has 0 aromatic carbocycles. The van der Waals surface area contributed by atoms with E-state index in [1.54, 1.807) is 0 Å². The Morgan fingerprint density at radius 3 is 2.45 bits per heavy atom. The van der Waals surface area contributed by atoms with Crippen LogP contribution in [0.3, 0.4) is 0 Å².